The lowest BCUT2D eigenvalue weighted by Crippen LogP contribution is -2.12. The van der Waals surface area contributed by atoms with Crippen LogP contribution in [0.4, 0.5) is 5.13 Å². The summed E-state index contributed by atoms with van der Waals surface area (Å²) in [5.74, 6) is -0.255. The van der Waals surface area contributed by atoms with Crippen molar-refractivity contribution < 1.29 is 4.79 Å². The Morgan fingerprint density at radius 1 is 1.26 bits per heavy atom. The number of aromatic nitrogens is 3. The van der Waals surface area contributed by atoms with Crippen LogP contribution >= 0.6 is 23.6 Å². The smallest absolute Gasteiger partial charge is 0.260 e. The zero-order valence-corrected chi connectivity index (χ0v) is 14.9. The first kappa shape index (κ1) is 17.7. The SMILES string of the molecule is CCCCCCCCc1nnc(NC(=O)c2ccc[nH]c2=S)s1. The molecule has 0 bridgehead atoms. The Morgan fingerprint density at radius 3 is 2.83 bits per heavy atom. The van der Waals surface area contributed by atoms with Crippen LogP contribution in [0.15, 0.2) is 18.3 Å². The highest BCUT2D eigenvalue weighted by Gasteiger charge is 2.11. The lowest BCUT2D eigenvalue weighted by molar-refractivity contribution is 0.102. The van der Waals surface area contributed by atoms with E-state index in [2.05, 4.69) is 27.4 Å². The van der Waals surface area contributed by atoms with Crippen molar-refractivity contribution in [3.63, 3.8) is 0 Å². The number of hydrogen-bond donors (Lipinski definition) is 2. The summed E-state index contributed by atoms with van der Waals surface area (Å²) in [6.45, 7) is 2.22. The van der Waals surface area contributed by atoms with Crippen LogP contribution < -0.4 is 5.32 Å². The van der Waals surface area contributed by atoms with Gasteiger partial charge in [0.05, 0.1) is 5.56 Å². The summed E-state index contributed by atoms with van der Waals surface area (Å²) >= 11 is 6.53. The molecule has 124 valence electrons. The third-order valence-corrected chi connectivity index (χ3v) is 4.73. The lowest BCUT2D eigenvalue weighted by atomic mass is 10.1. The molecule has 0 saturated heterocycles. The second-order valence-corrected chi connectivity index (χ2v) is 6.86. The van der Waals surface area contributed by atoms with Crippen LogP contribution in [0.3, 0.4) is 0 Å². The van der Waals surface area contributed by atoms with E-state index in [1.807, 2.05) is 0 Å². The van der Waals surface area contributed by atoms with Gasteiger partial charge in [0.25, 0.3) is 5.91 Å². The molecule has 2 aromatic rings. The normalized spacial score (nSPS) is 10.7. The van der Waals surface area contributed by atoms with Gasteiger partial charge in [-0.1, -0.05) is 62.6 Å². The molecule has 0 aromatic carbocycles. The van der Waals surface area contributed by atoms with E-state index in [0.717, 1.165) is 17.8 Å². The Labute approximate surface area is 145 Å². The van der Waals surface area contributed by atoms with Gasteiger partial charge in [-0.2, -0.15) is 0 Å². The molecular formula is C16H22N4OS2. The highest BCUT2D eigenvalue weighted by Crippen LogP contribution is 2.19. The van der Waals surface area contributed by atoms with Crippen LogP contribution in [0.2, 0.25) is 0 Å². The zero-order valence-electron chi connectivity index (χ0n) is 13.3. The molecule has 0 aliphatic heterocycles. The van der Waals surface area contributed by atoms with E-state index in [-0.39, 0.29) is 5.91 Å². The highest BCUT2D eigenvalue weighted by molar-refractivity contribution is 7.71. The molecule has 0 aliphatic rings. The quantitative estimate of drug-likeness (QED) is 0.506. The zero-order chi connectivity index (χ0) is 16.5. The van der Waals surface area contributed by atoms with E-state index in [4.69, 9.17) is 12.2 Å². The Kier molecular flexibility index (Phi) is 7.35. The van der Waals surface area contributed by atoms with Gasteiger partial charge in [-0.3, -0.25) is 10.1 Å². The minimum atomic E-state index is -0.255. The number of aromatic amines is 1. The van der Waals surface area contributed by atoms with Crippen molar-refractivity contribution in [2.45, 2.75) is 51.9 Å². The number of anilines is 1. The molecule has 0 unspecified atom stereocenters. The van der Waals surface area contributed by atoms with Gasteiger partial charge in [-0.05, 0) is 18.6 Å². The number of rotatable bonds is 9. The Hall–Kier alpha value is -1.60. The summed E-state index contributed by atoms with van der Waals surface area (Å²) in [5, 5.41) is 12.4. The van der Waals surface area contributed by atoms with Crippen LogP contribution in [0, 0.1) is 4.64 Å². The molecule has 2 heterocycles. The Balaban J connectivity index is 1.79. The van der Waals surface area contributed by atoms with Crippen molar-refractivity contribution >= 4 is 34.6 Å². The van der Waals surface area contributed by atoms with Gasteiger partial charge in [0.2, 0.25) is 5.13 Å². The second kappa shape index (κ2) is 9.52. The fourth-order valence-corrected chi connectivity index (χ4v) is 3.23. The van der Waals surface area contributed by atoms with Crippen molar-refractivity contribution in [1.82, 2.24) is 15.2 Å². The maximum absolute atomic E-state index is 12.1. The molecule has 2 aromatic heterocycles. The molecule has 5 nitrogen and oxygen atoms in total. The van der Waals surface area contributed by atoms with E-state index in [9.17, 15) is 4.79 Å². The number of amides is 1. The summed E-state index contributed by atoms with van der Waals surface area (Å²) < 4.78 is 0.418. The number of unbranched alkanes of at least 4 members (excludes halogenated alkanes) is 5. The summed E-state index contributed by atoms with van der Waals surface area (Å²) in [5.41, 5.74) is 0.440. The van der Waals surface area contributed by atoms with Crippen LogP contribution in [0.1, 0.15) is 60.8 Å². The maximum atomic E-state index is 12.1. The molecule has 2 rings (SSSR count). The number of nitrogens with one attached hydrogen (secondary N) is 2. The molecule has 0 spiro atoms. The number of aryl methyl sites for hydroxylation is 1. The number of carbonyl (C=O) groups excluding carboxylic acids is 1. The first-order valence-corrected chi connectivity index (χ1v) is 9.24. The third-order valence-electron chi connectivity index (χ3n) is 3.49. The van der Waals surface area contributed by atoms with E-state index >= 15 is 0 Å². The maximum Gasteiger partial charge on any atom is 0.260 e. The van der Waals surface area contributed by atoms with E-state index in [0.29, 0.717) is 15.3 Å². The van der Waals surface area contributed by atoms with Gasteiger partial charge in [0.1, 0.15) is 9.65 Å². The molecule has 0 radical (unpaired) electrons. The first-order valence-electron chi connectivity index (χ1n) is 8.02. The fraction of sp³-hybridized carbons (Fsp3) is 0.500. The molecule has 0 saturated carbocycles. The molecule has 1 amide bonds. The van der Waals surface area contributed by atoms with Gasteiger partial charge in [-0.15, -0.1) is 10.2 Å². The van der Waals surface area contributed by atoms with E-state index in [1.54, 1.807) is 18.3 Å². The summed E-state index contributed by atoms with van der Waals surface area (Å²) in [6.07, 6.45) is 10.1. The summed E-state index contributed by atoms with van der Waals surface area (Å²) in [4.78, 5) is 15.0. The molecule has 0 fully saturated rings. The number of H-pyrrole nitrogens is 1. The monoisotopic (exact) mass is 350 g/mol. The van der Waals surface area contributed by atoms with Crippen LogP contribution in [-0.4, -0.2) is 21.1 Å². The molecule has 23 heavy (non-hydrogen) atoms. The standard InChI is InChI=1S/C16H22N4OS2/c1-2-3-4-5-6-7-10-13-19-20-16(23-13)18-14(21)12-9-8-11-17-15(12)22/h8-9,11H,2-7,10H2,1H3,(H,17,22)(H,18,20,21). The number of hydrogen-bond acceptors (Lipinski definition) is 5. The number of pyridine rings is 1. The van der Waals surface area contributed by atoms with Gasteiger partial charge >= 0.3 is 0 Å². The van der Waals surface area contributed by atoms with Crippen LogP contribution in [-0.2, 0) is 6.42 Å². The van der Waals surface area contributed by atoms with E-state index < -0.39 is 0 Å². The van der Waals surface area contributed by atoms with Crippen molar-refractivity contribution in [2.75, 3.05) is 5.32 Å². The lowest BCUT2D eigenvalue weighted by Gasteiger charge is -2.00. The molecule has 2 N–H and O–H groups in total. The average Bonchev–Trinajstić information content (AvgIpc) is 2.98. The van der Waals surface area contributed by atoms with Gasteiger partial charge in [0.15, 0.2) is 0 Å². The minimum absolute atomic E-state index is 0.255. The van der Waals surface area contributed by atoms with Crippen molar-refractivity contribution in [1.29, 1.82) is 0 Å². The summed E-state index contributed by atoms with van der Waals surface area (Å²) in [7, 11) is 0. The molecule has 0 aliphatic carbocycles. The Bertz CT molecular complexity index is 680. The highest BCUT2D eigenvalue weighted by atomic mass is 32.1. The Morgan fingerprint density at radius 2 is 2.04 bits per heavy atom. The average molecular weight is 351 g/mol. The van der Waals surface area contributed by atoms with Crippen molar-refractivity contribution in [2.24, 2.45) is 0 Å². The van der Waals surface area contributed by atoms with Crippen LogP contribution in [0.25, 0.3) is 0 Å². The van der Waals surface area contributed by atoms with Crippen molar-refractivity contribution in [3.8, 4) is 0 Å². The molecule has 0 atom stereocenters. The largest absolute Gasteiger partial charge is 0.352 e. The molecular weight excluding hydrogens is 328 g/mol. The topological polar surface area (TPSA) is 70.7 Å². The first-order chi connectivity index (χ1) is 11.2. The van der Waals surface area contributed by atoms with Gasteiger partial charge < -0.3 is 4.98 Å². The minimum Gasteiger partial charge on any atom is -0.352 e. The van der Waals surface area contributed by atoms with Gasteiger partial charge in [0, 0.05) is 12.6 Å². The van der Waals surface area contributed by atoms with Crippen LogP contribution in [0.5, 0.6) is 0 Å². The second-order valence-electron chi connectivity index (χ2n) is 5.39. The third kappa shape index (κ3) is 5.84. The predicted molar refractivity (Wildman–Crippen MR) is 96.6 cm³/mol. The van der Waals surface area contributed by atoms with Gasteiger partial charge in [-0.25, -0.2) is 0 Å². The fourth-order valence-electron chi connectivity index (χ4n) is 2.23. The van der Waals surface area contributed by atoms with Crippen molar-refractivity contribution in [3.05, 3.63) is 33.5 Å². The predicted octanol–water partition coefficient (Wildman–Crippen LogP) is 4.75. The summed E-state index contributed by atoms with van der Waals surface area (Å²) in [6, 6.07) is 3.43. The number of carbonyl (C=O) groups is 1. The molecule has 7 heteroatoms. The number of nitrogens with zero attached hydrogens (tertiary/aromatic N) is 2. The van der Waals surface area contributed by atoms with E-state index in [1.165, 1.54) is 43.4 Å².